The molecule has 7 heteroatoms. The lowest BCUT2D eigenvalue weighted by Crippen LogP contribution is -2.44. The predicted octanol–water partition coefficient (Wildman–Crippen LogP) is 10.4. The standard InChI is InChI=1S/C33H46F3NO2Si/c1-20-29-28(30(38-20)22-14-16-23(17-15-22)33(34,35)36)26(21-12-10-9-11-13-21)27-24(37-29)18-32(5,6)19-25(27)39-40(7,8)31(2,3)4/h14-17,20-21,25,30H,9-13,18-19H2,1-8H3. The molecular weight excluding hydrogens is 527 g/mol. The van der Waals surface area contributed by atoms with E-state index in [1.807, 2.05) is 6.92 Å². The van der Waals surface area contributed by atoms with Crippen molar-refractivity contribution in [3.8, 4) is 0 Å². The highest BCUT2D eigenvalue weighted by molar-refractivity contribution is 6.74. The number of rotatable bonds is 4. The summed E-state index contributed by atoms with van der Waals surface area (Å²) in [5, 5.41) is 0.0737. The molecule has 3 atom stereocenters. The lowest BCUT2D eigenvalue weighted by molar-refractivity contribution is -0.137. The van der Waals surface area contributed by atoms with E-state index in [9.17, 15) is 13.2 Å². The highest BCUT2D eigenvalue weighted by Crippen LogP contribution is 2.55. The lowest BCUT2D eigenvalue weighted by atomic mass is 9.69. The number of benzene rings is 1. The van der Waals surface area contributed by atoms with Crippen LogP contribution in [-0.4, -0.2) is 13.3 Å². The van der Waals surface area contributed by atoms with Gasteiger partial charge in [0.2, 0.25) is 0 Å². The molecule has 5 rings (SSSR count). The topological polar surface area (TPSA) is 31.4 Å². The van der Waals surface area contributed by atoms with E-state index in [2.05, 4.69) is 47.7 Å². The molecule has 3 aliphatic rings. The zero-order valence-electron chi connectivity index (χ0n) is 25.5. The van der Waals surface area contributed by atoms with Crippen LogP contribution in [0.15, 0.2) is 24.3 Å². The normalized spacial score (nSPS) is 25.5. The molecule has 0 N–H and O–H groups in total. The first-order valence-electron chi connectivity index (χ1n) is 15.1. The van der Waals surface area contributed by atoms with E-state index >= 15 is 0 Å². The third-order valence-electron chi connectivity index (χ3n) is 9.91. The number of hydrogen-bond donors (Lipinski definition) is 0. The van der Waals surface area contributed by atoms with Gasteiger partial charge in [0.25, 0.3) is 0 Å². The minimum absolute atomic E-state index is 0.0430. The van der Waals surface area contributed by atoms with Gasteiger partial charge in [0, 0.05) is 16.8 Å². The first-order valence-corrected chi connectivity index (χ1v) is 18.0. The molecular formula is C33H46F3NO2Si. The van der Waals surface area contributed by atoms with E-state index in [-0.39, 0.29) is 22.7 Å². The molecule has 220 valence electrons. The van der Waals surface area contributed by atoms with Crippen LogP contribution in [0.2, 0.25) is 18.1 Å². The van der Waals surface area contributed by atoms with Crippen LogP contribution in [0.3, 0.4) is 0 Å². The van der Waals surface area contributed by atoms with Crippen molar-refractivity contribution in [3.05, 3.63) is 63.5 Å². The van der Waals surface area contributed by atoms with Gasteiger partial charge in [-0.3, -0.25) is 4.98 Å². The van der Waals surface area contributed by atoms with Crippen LogP contribution in [0.5, 0.6) is 0 Å². The Hall–Kier alpha value is -1.70. The van der Waals surface area contributed by atoms with Crippen molar-refractivity contribution < 1.29 is 22.3 Å². The monoisotopic (exact) mass is 573 g/mol. The van der Waals surface area contributed by atoms with Crippen molar-refractivity contribution in [1.82, 2.24) is 4.98 Å². The maximum atomic E-state index is 13.4. The molecule has 1 saturated carbocycles. The molecule has 40 heavy (non-hydrogen) atoms. The number of alkyl halides is 3. The SMILES string of the molecule is CC1OC(c2ccc(C(F)(F)F)cc2)c2c1nc1c(c2C2CCCCC2)C(O[Si](C)(C)C(C)(C)C)CC(C)(C)C1. The van der Waals surface area contributed by atoms with Crippen LogP contribution in [0.4, 0.5) is 13.2 Å². The lowest BCUT2D eigenvalue weighted by Gasteiger charge is -2.45. The highest BCUT2D eigenvalue weighted by Gasteiger charge is 2.47. The van der Waals surface area contributed by atoms with Crippen molar-refractivity contribution in [1.29, 1.82) is 0 Å². The zero-order chi connectivity index (χ0) is 29.3. The summed E-state index contributed by atoms with van der Waals surface area (Å²) in [6.07, 6.45) is 2.64. The third-order valence-corrected chi connectivity index (χ3v) is 14.4. The second-order valence-electron chi connectivity index (χ2n) is 14.7. The van der Waals surface area contributed by atoms with E-state index in [0.29, 0.717) is 5.92 Å². The maximum Gasteiger partial charge on any atom is 0.416 e. The van der Waals surface area contributed by atoms with Crippen LogP contribution in [0.25, 0.3) is 0 Å². The number of nitrogens with zero attached hydrogens (tertiary/aromatic N) is 1. The Balaban J connectivity index is 1.71. The fourth-order valence-electron chi connectivity index (χ4n) is 6.81. The number of hydrogen-bond acceptors (Lipinski definition) is 3. The fraction of sp³-hybridized carbons (Fsp3) is 0.667. The third kappa shape index (κ3) is 5.55. The van der Waals surface area contributed by atoms with Crippen LogP contribution in [0.1, 0.15) is 144 Å². The largest absolute Gasteiger partial charge is 0.416 e. The molecule has 1 fully saturated rings. The summed E-state index contributed by atoms with van der Waals surface area (Å²) in [5.74, 6) is 0.386. The molecule has 1 aromatic carbocycles. The van der Waals surface area contributed by atoms with Gasteiger partial charge >= 0.3 is 6.18 Å². The van der Waals surface area contributed by atoms with Crippen molar-refractivity contribution in [3.63, 3.8) is 0 Å². The average molecular weight is 574 g/mol. The number of aromatic nitrogens is 1. The fourth-order valence-corrected chi connectivity index (χ4v) is 8.07. The van der Waals surface area contributed by atoms with Gasteiger partial charge in [-0.1, -0.05) is 66.0 Å². The number of halogens is 3. The van der Waals surface area contributed by atoms with E-state index in [0.717, 1.165) is 48.2 Å². The van der Waals surface area contributed by atoms with E-state index in [1.54, 1.807) is 12.1 Å². The van der Waals surface area contributed by atoms with Crippen LogP contribution < -0.4 is 0 Å². The second-order valence-corrected chi connectivity index (χ2v) is 19.5. The van der Waals surface area contributed by atoms with Crippen LogP contribution >= 0.6 is 0 Å². The molecule has 1 aromatic heterocycles. The predicted molar refractivity (Wildman–Crippen MR) is 156 cm³/mol. The molecule has 1 aliphatic heterocycles. The molecule has 3 nitrogen and oxygen atoms in total. The van der Waals surface area contributed by atoms with Gasteiger partial charge in [-0.2, -0.15) is 13.2 Å². The van der Waals surface area contributed by atoms with Gasteiger partial charge in [-0.15, -0.1) is 0 Å². The van der Waals surface area contributed by atoms with Gasteiger partial charge in [-0.25, -0.2) is 0 Å². The highest BCUT2D eigenvalue weighted by atomic mass is 28.4. The maximum absolute atomic E-state index is 13.4. The second kappa shape index (κ2) is 10.2. The molecule has 0 saturated heterocycles. The smallest absolute Gasteiger partial charge is 0.410 e. The van der Waals surface area contributed by atoms with Gasteiger partial charge in [-0.05, 0) is 85.3 Å². The van der Waals surface area contributed by atoms with Crippen molar-refractivity contribution in [2.45, 2.75) is 135 Å². The molecule has 2 heterocycles. The Labute approximate surface area is 239 Å². The summed E-state index contributed by atoms with van der Waals surface area (Å²) >= 11 is 0. The Morgan fingerprint density at radius 2 is 1.57 bits per heavy atom. The Kier molecular flexibility index (Phi) is 7.62. The van der Waals surface area contributed by atoms with Gasteiger partial charge in [0.15, 0.2) is 8.32 Å². The van der Waals surface area contributed by atoms with E-state index < -0.39 is 26.2 Å². The summed E-state index contributed by atoms with van der Waals surface area (Å²) in [5.41, 5.74) is 5.99. The Bertz CT molecular complexity index is 1240. The molecule has 0 amide bonds. The Morgan fingerprint density at radius 1 is 0.950 bits per heavy atom. The summed E-state index contributed by atoms with van der Waals surface area (Å²) in [4.78, 5) is 5.33. The number of fused-ring (bicyclic) bond motifs is 2. The number of ether oxygens (including phenoxy) is 1. The minimum atomic E-state index is -4.37. The summed E-state index contributed by atoms with van der Waals surface area (Å²) in [6, 6.07) is 5.54. The van der Waals surface area contributed by atoms with Crippen molar-refractivity contribution in [2.24, 2.45) is 5.41 Å². The molecule has 2 aliphatic carbocycles. The first-order chi connectivity index (χ1) is 18.5. The van der Waals surface area contributed by atoms with Crippen LogP contribution in [0, 0.1) is 5.41 Å². The first kappa shape index (κ1) is 29.8. The van der Waals surface area contributed by atoms with Gasteiger partial charge in [0.1, 0.15) is 6.10 Å². The van der Waals surface area contributed by atoms with Gasteiger partial charge < -0.3 is 9.16 Å². The summed E-state index contributed by atoms with van der Waals surface area (Å²) in [6.45, 7) is 18.2. The van der Waals surface area contributed by atoms with E-state index in [4.69, 9.17) is 14.1 Å². The van der Waals surface area contributed by atoms with Crippen LogP contribution in [-0.2, 0) is 21.8 Å². The quantitative estimate of drug-likeness (QED) is 0.341. The summed E-state index contributed by atoms with van der Waals surface area (Å²) < 4.78 is 53.9. The molecule has 2 aromatic rings. The molecule has 3 unspecified atom stereocenters. The van der Waals surface area contributed by atoms with Gasteiger partial charge in [0.05, 0.1) is 23.5 Å². The molecule has 0 bridgehead atoms. The van der Waals surface area contributed by atoms with Crippen molar-refractivity contribution in [2.75, 3.05) is 0 Å². The Morgan fingerprint density at radius 3 is 2.15 bits per heavy atom. The molecule has 0 radical (unpaired) electrons. The minimum Gasteiger partial charge on any atom is -0.410 e. The average Bonchev–Trinajstić information content (AvgIpc) is 3.17. The molecule has 0 spiro atoms. The van der Waals surface area contributed by atoms with Crippen molar-refractivity contribution >= 4 is 8.32 Å². The van der Waals surface area contributed by atoms with E-state index in [1.165, 1.54) is 42.5 Å². The summed E-state index contributed by atoms with van der Waals surface area (Å²) in [7, 11) is -2.11. The zero-order valence-corrected chi connectivity index (χ0v) is 26.5. The number of pyridine rings is 1.